The minimum absolute atomic E-state index is 0.287. The molecule has 0 unspecified atom stereocenters. The number of halogens is 1. The summed E-state index contributed by atoms with van der Waals surface area (Å²) in [4.78, 5) is 3.89. The molecule has 6 nitrogen and oxygen atoms in total. The Kier molecular flexibility index (Phi) is 2.95. The standard InChI is InChI=1S/C9H13BrN6/c1-3-16-7(8(10)6(2)13-16)4-15-5-12-9(11)14-15/h5H,3-4H2,1-2H3,(H2,11,14). The van der Waals surface area contributed by atoms with Crippen LogP contribution in [0.25, 0.3) is 0 Å². The van der Waals surface area contributed by atoms with Gasteiger partial charge in [-0.25, -0.2) is 9.67 Å². The summed E-state index contributed by atoms with van der Waals surface area (Å²) in [7, 11) is 0. The zero-order valence-corrected chi connectivity index (χ0v) is 10.8. The Bertz CT molecular complexity index is 500. The molecule has 0 saturated carbocycles. The van der Waals surface area contributed by atoms with Gasteiger partial charge in [-0.15, -0.1) is 5.10 Å². The zero-order chi connectivity index (χ0) is 11.7. The van der Waals surface area contributed by atoms with E-state index in [1.165, 1.54) is 0 Å². The van der Waals surface area contributed by atoms with Gasteiger partial charge in [0.1, 0.15) is 6.33 Å². The first-order valence-corrected chi connectivity index (χ1v) is 5.77. The average molecular weight is 285 g/mol. The van der Waals surface area contributed by atoms with E-state index in [9.17, 15) is 0 Å². The Balaban J connectivity index is 2.33. The van der Waals surface area contributed by atoms with Crippen molar-refractivity contribution in [3.63, 3.8) is 0 Å². The summed E-state index contributed by atoms with van der Waals surface area (Å²) in [6.07, 6.45) is 1.62. The lowest BCUT2D eigenvalue weighted by Gasteiger charge is -2.04. The van der Waals surface area contributed by atoms with Gasteiger partial charge in [-0.05, 0) is 29.8 Å². The fourth-order valence-corrected chi connectivity index (χ4v) is 1.97. The second-order valence-electron chi connectivity index (χ2n) is 3.46. The Labute approximate surface area is 102 Å². The van der Waals surface area contributed by atoms with Crippen LogP contribution in [0.15, 0.2) is 10.8 Å². The highest BCUT2D eigenvalue weighted by molar-refractivity contribution is 9.10. The van der Waals surface area contributed by atoms with Crippen molar-refractivity contribution in [2.75, 3.05) is 5.73 Å². The van der Waals surface area contributed by atoms with E-state index in [2.05, 4.69) is 38.0 Å². The first-order valence-electron chi connectivity index (χ1n) is 4.98. The summed E-state index contributed by atoms with van der Waals surface area (Å²) in [5.41, 5.74) is 7.52. The first-order chi connectivity index (χ1) is 7.61. The van der Waals surface area contributed by atoms with Crippen molar-refractivity contribution in [1.29, 1.82) is 0 Å². The van der Waals surface area contributed by atoms with Gasteiger partial charge in [0, 0.05) is 6.54 Å². The maximum absolute atomic E-state index is 5.47. The minimum atomic E-state index is 0.287. The fraction of sp³-hybridized carbons (Fsp3) is 0.444. The molecule has 7 heteroatoms. The molecular formula is C9H13BrN6. The molecule has 0 atom stereocenters. The number of anilines is 1. The third-order valence-electron chi connectivity index (χ3n) is 2.32. The van der Waals surface area contributed by atoms with Gasteiger partial charge in [0.15, 0.2) is 0 Å². The van der Waals surface area contributed by atoms with Gasteiger partial charge in [0.2, 0.25) is 5.95 Å². The summed E-state index contributed by atoms with van der Waals surface area (Å²) in [6.45, 7) is 5.46. The normalized spacial score (nSPS) is 10.9. The van der Waals surface area contributed by atoms with Crippen molar-refractivity contribution < 1.29 is 0 Å². The first kappa shape index (κ1) is 11.1. The predicted molar refractivity (Wildman–Crippen MR) is 63.9 cm³/mol. The average Bonchev–Trinajstić information content (AvgIpc) is 2.77. The summed E-state index contributed by atoms with van der Waals surface area (Å²) in [5.74, 6) is 0.287. The van der Waals surface area contributed by atoms with E-state index in [0.29, 0.717) is 6.54 Å². The van der Waals surface area contributed by atoms with E-state index in [4.69, 9.17) is 5.73 Å². The van der Waals surface area contributed by atoms with Gasteiger partial charge < -0.3 is 5.73 Å². The molecule has 0 aliphatic heterocycles. The number of hydrogen-bond acceptors (Lipinski definition) is 4. The SMILES string of the molecule is CCn1nc(C)c(Br)c1Cn1cnc(N)n1. The maximum Gasteiger partial charge on any atom is 0.239 e. The van der Waals surface area contributed by atoms with Crippen LogP contribution in [0.4, 0.5) is 5.95 Å². The Morgan fingerprint density at radius 1 is 1.44 bits per heavy atom. The molecule has 16 heavy (non-hydrogen) atoms. The van der Waals surface area contributed by atoms with Crippen LogP contribution in [0, 0.1) is 6.92 Å². The van der Waals surface area contributed by atoms with Crippen molar-refractivity contribution in [1.82, 2.24) is 24.5 Å². The van der Waals surface area contributed by atoms with Gasteiger partial charge in [-0.1, -0.05) is 0 Å². The second kappa shape index (κ2) is 4.25. The molecule has 0 aliphatic carbocycles. The molecule has 2 aromatic rings. The van der Waals surface area contributed by atoms with Crippen LogP contribution in [0.5, 0.6) is 0 Å². The molecule has 86 valence electrons. The molecule has 0 fully saturated rings. The van der Waals surface area contributed by atoms with Crippen molar-refractivity contribution in [3.05, 3.63) is 22.2 Å². The second-order valence-corrected chi connectivity index (χ2v) is 4.26. The molecule has 0 radical (unpaired) electrons. The van der Waals surface area contributed by atoms with E-state index < -0.39 is 0 Å². The van der Waals surface area contributed by atoms with Crippen LogP contribution in [0.3, 0.4) is 0 Å². The summed E-state index contributed by atoms with van der Waals surface area (Å²) < 4.78 is 4.66. The molecule has 0 bridgehead atoms. The largest absolute Gasteiger partial charge is 0.367 e. The molecule has 2 N–H and O–H groups in total. The van der Waals surface area contributed by atoms with Gasteiger partial charge in [-0.3, -0.25) is 4.68 Å². The van der Waals surface area contributed by atoms with Crippen LogP contribution < -0.4 is 5.73 Å². The van der Waals surface area contributed by atoms with Gasteiger partial charge in [0.25, 0.3) is 0 Å². The van der Waals surface area contributed by atoms with Crippen molar-refractivity contribution in [3.8, 4) is 0 Å². The van der Waals surface area contributed by atoms with Gasteiger partial charge in [-0.2, -0.15) is 5.10 Å². The van der Waals surface area contributed by atoms with Crippen molar-refractivity contribution in [2.45, 2.75) is 26.9 Å². The van der Waals surface area contributed by atoms with Gasteiger partial charge >= 0.3 is 0 Å². The molecule has 0 aromatic carbocycles. The molecule has 0 spiro atoms. The highest BCUT2D eigenvalue weighted by Gasteiger charge is 2.12. The number of aromatic nitrogens is 5. The highest BCUT2D eigenvalue weighted by atomic mass is 79.9. The smallest absolute Gasteiger partial charge is 0.239 e. The summed E-state index contributed by atoms with van der Waals surface area (Å²) in [5, 5.41) is 8.46. The number of hydrogen-bond donors (Lipinski definition) is 1. The summed E-state index contributed by atoms with van der Waals surface area (Å²) in [6, 6.07) is 0. The highest BCUT2D eigenvalue weighted by Crippen LogP contribution is 2.21. The summed E-state index contributed by atoms with van der Waals surface area (Å²) >= 11 is 3.53. The van der Waals surface area contributed by atoms with Crippen LogP contribution in [0.2, 0.25) is 0 Å². The topological polar surface area (TPSA) is 74.5 Å². The van der Waals surface area contributed by atoms with Crippen LogP contribution in [0.1, 0.15) is 18.3 Å². The Hall–Kier alpha value is -1.37. The monoisotopic (exact) mass is 284 g/mol. The molecule has 2 aromatic heterocycles. The third kappa shape index (κ3) is 1.95. The molecule has 0 amide bonds. The minimum Gasteiger partial charge on any atom is -0.367 e. The lowest BCUT2D eigenvalue weighted by atomic mass is 10.3. The van der Waals surface area contributed by atoms with Crippen LogP contribution in [-0.2, 0) is 13.1 Å². The third-order valence-corrected chi connectivity index (χ3v) is 3.35. The Morgan fingerprint density at radius 3 is 2.75 bits per heavy atom. The van der Waals surface area contributed by atoms with Gasteiger partial charge in [0.05, 0.1) is 22.4 Å². The van der Waals surface area contributed by atoms with E-state index in [0.717, 1.165) is 22.4 Å². The molecule has 2 heterocycles. The number of nitrogens with two attached hydrogens (primary N) is 1. The van der Waals surface area contributed by atoms with E-state index >= 15 is 0 Å². The number of aryl methyl sites for hydroxylation is 2. The Morgan fingerprint density at radius 2 is 2.19 bits per heavy atom. The lowest BCUT2D eigenvalue weighted by molar-refractivity contribution is 0.574. The predicted octanol–water partition coefficient (Wildman–Crippen LogP) is 1.20. The molecule has 2 rings (SSSR count). The molecule has 0 saturated heterocycles. The van der Waals surface area contributed by atoms with Crippen molar-refractivity contribution >= 4 is 21.9 Å². The quantitative estimate of drug-likeness (QED) is 0.919. The van der Waals surface area contributed by atoms with Crippen LogP contribution in [-0.4, -0.2) is 24.5 Å². The van der Waals surface area contributed by atoms with E-state index in [1.807, 2.05) is 11.6 Å². The molecular weight excluding hydrogens is 272 g/mol. The maximum atomic E-state index is 5.47. The lowest BCUT2D eigenvalue weighted by Crippen LogP contribution is -2.09. The number of rotatable bonds is 3. The van der Waals surface area contributed by atoms with Crippen molar-refractivity contribution in [2.24, 2.45) is 0 Å². The van der Waals surface area contributed by atoms with E-state index in [-0.39, 0.29) is 5.95 Å². The fourth-order valence-electron chi connectivity index (χ4n) is 1.56. The van der Waals surface area contributed by atoms with Crippen LogP contribution >= 0.6 is 15.9 Å². The van der Waals surface area contributed by atoms with E-state index in [1.54, 1.807) is 11.0 Å². The molecule has 0 aliphatic rings. The zero-order valence-electron chi connectivity index (χ0n) is 9.18. The number of nitrogens with zero attached hydrogens (tertiary/aromatic N) is 5. The number of nitrogen functional groups attached to an aromatic ring is 1.